The fraction of sp³-hybridized carbons (Fsp3) is 0.500. The van der Waals surface area contributed by atoms with Crippen molar-refractivity contribution >= 4 is 6.08 Å². The third-order valence-corrected chi connectivity index (χ3v) is 2.34. The van der Waals surface area contributed by atoms with Crippen molar-refractivity contribution in [3.05, 3.63) is 24.0 Å². The fourth-order valence-corrected chi connectivity index (χ4v) is 1.63. The molecule has 1 aromatic rings. The quantitative estimate of drug-likeness (QED) is 0.735. The smallest absolute Gasteiger partial charge is 0.0562 e. The van der Waals surface area contributed by atoms with Crippen molar-refractivity contribution in [2.45, 2.75) is 18.9 Å². The zero-order chi connectivity index (χ0) is 9.10. The molecular formula is C10H15N3. The highest BCUT2D eigenvalue weighted by atomic mass is 15.2. The third kappa shape index (κ3) is 2.18. The number of hydrogen-bond donors (Lipinski definition) is 1. The van der Waals surface area contributed by atoms with E-state index in [0.29, 0.717) is 6.04 Å². The van der Waals surface area contributed by atoms with Gasteiger partial charge in [0.25, 0.3) is 0 Å². The zero-order valence-electron chi connectivity index (χ0n) is 7.90. The van der Waals surface area contributed by atoms with Gasteiger partial charge in [-0.2, -0.15) is 5.10 Å². The summed E-state index contributed by atoms with van der Waals surface area (Å²) in [7, 11) is 1.94. The highest BCUT2D eigenvalue weighted by Crippen LogP contribution is 2.08. The Bertz CT molecular complexity index is 295. The van der Waals surface area contributed by atoms with Gasteiger partial charge in [0.15, 0.2) is 0 Å². The highest BCUT2D eigenvalue weighted by Gasteiger charge is 2.09. The van der Waals surface area contributed by atoms with E-state index in [1.165, 1.54) is 18.4 Å². The molecule has 1 atom stereocenters. The van der Waals surface area contributed by atoms with Crippen LogP contribution in [0.1, 0.15) is 18.4 Å². The van der Waals surface area contributed by atoms with Gasteiger partial charge in [0, 0.05) is 24.8 Å². The molecule has 0 aromatic carbocycles. The van der Waals surface area contributed by atoms with Crippen LogP contribution in [0.3, 0.4) is 0 Å². The number of rotatable bonds is 2. The van der Waals surface area contributed by atoms with Crippen LogP contribution in [-0.2, 0) is 7.05 Å². The van der Waals surface area contributed by atoms with Crippen LogP contribution in [-0.4, -0.2) is 22.4 Å². The summed E-state index contributed by atoms with van der Waals surface area (Å²) >= 11 is 0. The van der Waals surface area contributed by atoms with E-state index in [2.05, 4.69) is 22.6 Å². The van der Waals surface area contributed by atoms with Gasteiger partial charge < -0.3 is 5.32 Å². The Hall–Kier alpha value is -1.09. The minimum Gasteiger partial charge on any atom is -0.311 e. The van der Waals surface area contributed by atoms with Gasteiger partial charge in [0.05, 0.1) is 6.20 Å². The molecule has 13 heavy (non-hydrogen) atoms. The van der Waals surface area contributed by atoms with Crippen LogP contribution in [0.4, 0.5) is 0 Å². The lowest BCUT2D eigenvalue weighted by Gasteiger charge is -2.00. The lowest BCUT2D eigenvalue weighted by atomic mass is 10.2. The standard InChI is InChI=1S/C10H15N3/c1-13-8-9(7-12-13)4-5-10-3-2-6-11-10/h4-5,7-8,10-11H,2-3,6H2,1H3/b5-4+. The molecule has 1 aliphatic rings. The molecule has 2 heterocycles. The Morgan fingerprint density at radius 2 is 2.62 bits per heavy atom. The number of aryl methyl sites for hydroxylation is 1. The van der Waals surface area contributed by atoms with Crippen molar-refractivity contribution in [1.82, 2.24) is 15.1 Å². The Morgan fingerprint density at radius 1 is 1.69 bits per heavy atom. The van der Waals surface area contributed by atoms with Crippen molar-refractivity contribution < 1.29 is 0 Å². The average Bonchev–Trinajstić information content (AvgIpc) is 2.71. The summed E-state index contributed by atoms with van der Waals surface area (Å²) in [6.45, 7) is 1.15. The van der Waals surface area contributed by atoms with Crippen molar-refractivity contribution in [2.24, 2.45) is 7.05 Å². The first-order valence-electron chi connectivity index (χ1n) is 4.75. The average molecular weight is 177 g/mol. The normalized spacial score (nSPS) is 23.0. The van der Waals surface area contributed by atoms with E-state index in [-0.39, 0.29) is 0 Å². The van der Waals surface area contributed by atoms with Gasteiger partial charge in [-0.3, -0.25) is 4.68 Å². The Kier molecular flexibility index (Phi) is 2.45. The van der Waals surface area contributed by atoms with Gasteiger partial charge in [0.1, 0.15) is 0 Å². The monoisotopic (exact) mass is 177 g/mol. The van der Waals surface area contributed by atoms with Gasteiger partial charge >= 0.3 is 0 Å². The summed E-state index contributed by atoms with van der Waals surface area (Å²) in [6, 6.07) is 0.570. The van der Waals surface area contributed by atoms with Crippen LogP contribution >= 0.6 is 0 Å². The lowest BCUT2D eigenvalue weighted by molar-refractivity contribution is 0.730. The first-order chi connectivity index (χ1) is 6.34. The minimum atomic E-state index is 0.570. The maximum atomic E-state index is 4.11. The number of nitrogens with one attached hydrogen (secondary N) is 1. The van der Waals surface area contributed by atoms with Crippen molar-refractivity contribution in [3.63, 3.8) is 0 Å². The number of aromatic nitrogens is 2. The first kappa shape index (κ1) is 8.51. The van der Waals surface area contributed by atoms with Crippen LogP contribution in [0.15, 0.2) is 18.5 Å². The molecule has 1 aliphatic heterocycles. The molecule has 0 radical (unpaired) electrons. The SMILES string of the molecule is Cn1cc(/C=C/C2CCCN2)cn1. The summed E-state index contributed by atoms with van der Waals surface area (Å²) in [4.78, 5) is 0. The maximum absolute atomic E-state index is 4.11. The molecule has 1 fully saturated rings. The summed E-state index contributed by atoms with van der Waals surface area (Å²) < 4.78 is 1.82. The molecule has 3 nitrogen and oxygen atoms in total. The molecule has 1 unspecified atom stereocenters. The Labute approximate surface area is 78.4 Å². The van der Waals surface area contributed by atoms with Gasteiger partial charge in [0.2, 0.25) is 0 Å². The minimum absolute atomic E-state index is 0.570. The summed E-state index contributed by atoms with van der Waals surface area (Å²) in [6.07, 6.45) is 10.8. The molecule has 0 aliphatic carbocycles. The number of hydrogen-bond acceptors (Lipinski definition) is 2. The van der Waals surface area contributed by atoms with Crippen LogP contribution in [0.25, 0.3) is 6.08 Å². The van der Waals surface area contributed by atoms with E-state index in [1.54, 1.807) is 0 Å². The van der Waals surface area contributed by atoms with E-state index >= 15 is 0 Å². The second-order valence-corrected chi connectivity index (χ2v) is 3.51. The lowest BCUT2D eigenvalue weighted by Crippen LogP contribution is -2.17. The van der Waals surface area contributed by atoms with E-state index < -0.39 is 0 Å². The van der Waals surface area contributed by atoms with E-state index in [9.17, 15) is 0 Å². The Morgan fingerprint density at radius 3 is 3.23 bits per heavy atom. The molecule has 0 saturated carbocycles. The highest BCUT2D eigenvalue weighted by molar-refractivity contribution is 5.47. The van der Waals surface area contributed by atoms with Crippen LogP contribution < -0.4 is 5.32 Å². The number of nitrogens with zero attached hydrogens (tertiary/aromatic N) is 2. The topological polar surface area (TPSA) is 29.9 Å². The Balaban J connectivity index is 1.96. The van der Waals surface area contributed by atoms with Crippen molar-refractivity contribution in [3.8, 4) is 0 Å². The predicted molar refractivity (Wildman–Crippen MR) is 53.3 cm³/mol. The molecule has 0 amide bonds. The molecule has 0 bridgehead atoms. The van der Waals surface area contributed by atoms with Crippen LogP contribution in [0.2, 0.25) is 0 Å². The van der Waals surface area contributed by atoms with E-state index in [1.807, 2.05) is 24.1 Å². The van der Waals surface area contributed by atoms with Crippen molar-refractivity contribution in [2.75, 3.05) is 6.54 Å². The van der Waals surface area contributed by atoms with Gasteiger partial charge in [-0.15, -0.1) is 0 Å². The van der Waals surface area contributed by atoms with E-state index in [4.69, 9.17) is 0 Å². The van der Waals surface area contributed by atoms with Crippen LogP contribution in [0.5, 0.6) is 0 Å². The van der Waals surface area contributed by atoms with Crippen molar-refractivity contribution in [1.29, 1.82) is 0 Å². The third-order valence-electron chi connectivity index (χ3n) is 2.34. The second kappa shape index (κ2) is 3.75. The molecule has 3 heteroatoms. The molecule has 0 spiro atoms. The second-order valence-electron chi connectivity index (χ2n) is 3.51. The molecule has 1 aromatic heterocycles. The summed E-state index contributed by atoms with van der Waals surface area (Å²) in [5, 5.41) is 7.53. The summed E-state index contributed by atoms with van der Waals surface area (Å²) in [5.41, 5.74) is 1.18. The predicted octanol–water partition coefficient (Wildman–Crippen LogP) is 1.19. The van der Waals surface area contributed by atoms with Gasteiger partial charge in [-0.1, -0.05) is 12.2 Å². The maximum Gasteiger partial charge on any atom is 0.0562 e. The molecular weight excluding hydrogens is 162 g/mol. The van der Waals surface area contributed by atoms with Gasteiger partial charge in [-0.25, -0.2) is 0 Å². The molecule has 1 saturated heterocycles. The van der Waals surface area contributed by atoms with Crippen LogP contribution in [0, 0.1) is 0 Å². The molecule has 1 N–H and O–H groups in total. The zero-order valence-corrected chi connectivity index (χ0v) is 7.90. The molecule has 70 valence electrons. The molecule has 2 rings (SSSR count). The first-order valence-corrected chi connectivity index (χ1v) is 4.75. The fourth-order valence-electron chi connectivity index (χ4n) is 1.63. The largest absolute Gasteiger partial charge is 0.311 e. The van der Waals surface area contributed by atoms with E-state index in [0.717, 1.165) is 6.54 Å². The summed E-state index contributed by atoms with van der Waals surface area (Å²) in [5.74, 6) is 0. The van der Waals surface area contributed by atoms with Gasteiger partial charge in [-0.05, 0) is 19.4 Å².